The smallest absolute Gasteiger partial charge is 0.249 e. The van der Waals surface area contributed by atoms with E-state index < -0.39 is 10.0 Å². The van der Waals surface area contributed by atoms with E-state index in [1.54, 1.807) is 48.5 Å². The third-order valence-electron chi connectivity index (χ3n) is 4.53. The monoisotopic (exact) mass is 432 g/mol. The van der Waals surface area contributed by atoms with Gasteiger partial charge < -0.3 is 9.40 Å². The fourth-order valence-electron chi connectivity index (χ4n) is 3.08. The first-order valence-corrected chi connectivity index (χ1v) is 10.9. The van der Waals surface area contributed by atoms with Gasteiger partial charge in [-0.1, -0.05) is 36.1 Å². The maximum Gasteiger partial charge on any atom is 0.249 e. The average Bonchev–Trinajstić information content (AvgIpc) is 2.72. The minimum atomic E-state index is -3.63. The summed E-state index contributed by atoms with van der Waals surface area (Å²) in [7, 11) is -3.63. The van der Waals surface area contributed by atoms with E-state index in [4.69, 9.17) is 9.56 Å². The van der Waals surface area contributed by atoms with Crippen LogP contribution >= 0.6 is 0 Å². The van der Waals surface area contributed by atoms with E-state index in [0.717, 1.165) is 0 Å². The van der Waals surface area contributed by atoms with E-state index in [0.29, 0.717) is 38.8 Å². The van der Waals surface area contributed by atoms with Crippen molar-refractivity contribution in [1.29, 1.82) is 0 Å². The van der Waals surface area contributed by atoms with E-state index in [1.165, 1.54) is 18.5 Å². The third-order valence-corrected chi connectivity index (χ3v) is 5.27. The Morgan fingerprint density at radius 3 is 2.32 bits per heavy atom. The highest BCUT2D eigenvalue weighted by molar-refractivity contribution is 7.88. The van der Waals surface area contributed by atoms with E-state index in [2.05, 4.69) is 16.8 Å². The summed E-state index contributed by atoms with van der Waals surface area (Å²) in [6.45, 7) is 0. The van der Waals surface area contributed by atoms with Crippen LogP contribution in [0.3, 0.4) is 0 Å². The van der Waals surface area contributed by atoms with E-state index >= 15 is 0 Å². The van der Waals surface area contributed by atoms with Crippen LogP contribution in [0, 0.1) is 11.8 Å². The number of rotatable bonds is 3. The Labute approximate surface area is 177 Å². The molecule has 0 saturated carbocycles. The van der Waals surface area contributed by atoms with Gasteiger partial charge >= 0.3 is 0 Å². The fourth-order valence-corrected chi connectivity index (χ4v) is 3.74. The molecule has 0 fully saturated rings. The van der Waals surface area contributed by atoms with Gasteiger partial charge in [0.1, 0.15) is 11.8 Å². The number of benzene rings is 2. The number of hydrogen-bond donors (Lipinski definition) is 2. The zero-order valence-electron chi connectivity index (χ0n) is 16.1. The zero-order valence-corrected chi connectivity index (χ0v) is 16.9. The molecular weight excluding hydrogens is 416 g/mol. The van der Waals surface area contributed by atoms with Crippen molar-refractivity contribution in [2.24, 2.45) is 5.14 Å². The summed E-state index contributed by atoms with van der Waals surface area (Å²) in [6, 6.07) is 14.6. The van der Waals surface area contributed by atoms with Crippen molar-refractivity contribution in [3.63, 3.8) is 0 Å². The van der Waals surface area contributed by atoms with Gasteiger partial charge in [0.05, 0.1) is 16.7 Å². The van der Waals surface area contributed by atoms with Gasteiger partial charge in [-0.2, -0.15) is 0 Å². The molecule has 2 heterocycles. The molecule has 31 heavy (non-hydrogen) atoms. The van der Waals surface area contributed by atoms with Gasteiger partial charge in [0.15, 0.2) is 5.43 Å². The third kappa shape index (κ3) is 4.80. The van der Waals surface area contributed by atoms with E-state index in [1.807, 2.05) is 0 Å². The lowest BCUT2D eigenvalue weighted by atomic mass is 10.0. The summed E-state index contributed by atoms with van der Waals surface area (Å²) in [5, 5.41) is 5.45. The Morgan fingerprint density at radius 1 is 0.935 bits per heavy atom. The van der Waals surface area contributed by atoms with Crippen molar-refractivity contribution in [1.82, 2.24) is 4.98 Å². The molecule has 2 aromatic carbocycles. The summed E-state index contributed by atoms with van der Waals surface area (Å²) in [6.07, 6.45) is 2.89. The highest BCUT2D eigenvalue weighted by Crippen LogP contribution is 2.21. The first-order valence-electron chi connectivity index (χ1n) is 9.15. The molecule has 154 valence electrons. The van der Waals surface area contributed by atoms with Crippen molar-refractivity contribution in [3.05, 3.63) is 104 Å². The molecule has 4 aromatic rings. The van der Waals surface area contributed by atoms with Crippen molar-refractivity contribution in [2.75, 3.05) is 0 Å². The molecule has 2 aromatic heterocycles. The highest BCUT2D eigenvalue weighted by atomic mass is 32.2. The van der Waals surface area contributed by atoms with E-state index in [-0.39, 0.29) is 16.7 Å². The number of nitrogens with one attached hydrogen (secondary N) is 1. The maximum absolute atomic E-state index is 12.9. The van der Waals surface area contributed by atoms with Crippen LogP contribution < -0.4 is 16.1 Å². The van der Waals surface area contributed by atoms with Crippen molar-refractivity contribution in [3.8, 4) is 23.0 Å². The molecule has 7 nitrogen and oxygen atoms in total. The van der Waals surface area contributed by atoms with Crippen LogP contribution in [0.4, 0.5) is 0 Å². The minimum Gasteiger partial charge on any atom is -0.463 e. The van der Waals surface area contributed by atoms with Crippen LogP contribution in [-0.4, -0.2) is 13.4 Å². The highest BCUT2D eigenvalue weighted by Gasteiger charge is 2.11. The SMILES string of the molecule is NS(=O)(=O)Cc1ccc(-c2coc3cc(C#Cc4cc[nH]c(=O)c4)ccc3c2=O)cc1. The number of fused-ring (bicyclic) bond motifs is 1. The summed E-state index contributed by atoms with van der Waals surface area (Å²) in [5.74, 6) is 5.57. The largest absolute Gasteiger partial charge is 0.463 e. The molecule has 3 N–H and O–H groups in total. The molecule has 0 spiro atoms. The Morgan fingerprint density at radius 2 is 1.65 bits per heavy atom. The molecule has 0 aliphatic heterocycles. The quantitative estimate of drug-likeness (QED) is 0.481. The van der Waals surface area contributed by atoms with Crippen LogP contribution in [0.15, 0.2) is 81.1 Å². The first-order chi connectivity index (χ1) is 14.8. The molecule has 0 atom stereocenters. The molecule has 0 bridgehead atoms. The van der Waals surface area contributed by atoms with Crippen molar-refractivity contribution >= 4 is 21.0 Å². The van der Waals surface area contributed by atoms with Crippen LogP contribution in [0.1, 0.15) is 16.7 Å². The molecule has 0 radical (unpaired) electrons. The predicted octanol–water partition coefficient (Wildman–Crippen LogP) is 2.34. The number of nitrogens with two attached hydrogens (primary N) is 1. The first kappa shape index (κ1) is 20.3. The fraction of sp³-hybridized carbons (Fsp3) is 0.0435. The molecule has 0 amide bonds. The van der Waals surface area contributed by atoms with Crippen molar-refractivity contribution in [2.45, 2.75) is 5.75 Å². The Hall–Kier alpha value is -3.93. The summed E-state index contributed by atoms with van der Waals surface area (Å²) in [5.41, 5.74) is 2.64. The molecular formula is C23H16N2O5S. The topological polar surface area (TPSA) is 123 Å². The number of aromatic amines is 1. The summed E-state index contributed by atoms with van der Waals surface area (Å²) in [4.78, 5) is 26.8. The number of hydrogen-bond acceptors (Lipinski definition) is 5. The normalized spacial score (nSPS) is 11.1. The predicted molar refractivity (Wildman–Crippen MR) is 118 cm³/mol. The van der Waals surface area contributed by atoms with Crippen LogP contribution in [0.25, 0.3) is 22.1 Å². The number of H-pyrrole nitrogens is 1. The number of primary sulfonamides is 1. The van der Waals surface area contributed by atoms with E-state index in [9.17, 15) is 18.0 Å². The van der Waals surface area contributed by atoms with Gasteiger partial charge in [0.25, 0.3) is 0 Å². The number of pyridine rings is 1. The molecule has 0 saturated heterocycles. The average molecular weight is 432 g/mol. The molecule has 8 heteroatoms. The van der Waals surface area contributed by atoms with Gasteiger partial charge in [-0.15, -0.1) is 0 Å². The lowest BCUT2D eigenvalue weighted by molar-refractivity contribution is 0.597. The van der Waals surface area contributed by atoms with Gasteiger partial charge in [0, 0.05) is 23.4 Å². The molecule has 4 rings (SSSR count). The van der Waals surface area contributed by atoms with Gasteiger partial charge in [-0.05, 0) is 35.4 Å². The molecule has 0 unspecified atom stereocenters. The summed E-state index contributed by atoms with van der Waals surface area (Å²) < 4.78 is 28.1. The van der Waals surface area contributed by atoms with Gasteiger partial charge in [-0.25, -0.2) is 13.6 Å². The Bertz CT molecular complexity index is 1570. The Balaban J connectivity index is 1.67. The second-order valence-corrected chi connectivity index (χ2v) is 8.50. The number of sulfonamides is 1. The van der Waals surface area contributed by atoms with Gasteiger partial charge in [-0.3, -0.25) is 9.59 Å². The van der Waals surface area contributed by atoms with Gasteiger partial charge in [0.2, 0.25) is 15.6 Å². The Kier molecular flexibility index (Phi) is 5.29. The maximum atomic E-state index is 12.9. The zero-order chi connectivity index (χ0) is 22.0. The van der Waals surface area contributed by atoms with Crippen LogP contribution in [0.5, 0.6) is 0 Å². The molecule has 0 aliphatic rings. The minimum absolute atomic E-state index is 0.213. The molecule has 0 aliphatic carbocycles. The summed E-state index contributed by atoms with van der Waals surface area (Å²) >= 11 is 0. The standard InChI is InChI=1S/C23H16N2O5S/c24-31(28,29)14-17-3-6-18(7-4-17)20-13-30-21-11-15(5-8-19(21)23(20)27)1-2-16-9-10-25-22(26)12-16/h3-13H,14H2,(H,25,26)(H2,24,28,29). The van der Waals surface area contributed by atoms with Crippen LogP contribution in [0.2, 0.25) is 0 Å². The number of aromatic nitrogens is 1. The van der Waals surface area contributed by atoms with Crippen molar-refractivity contribution < 1.29 is 12.8 Å². The second kappa shape index (κ2) is 8.07. The lowest BCUT2D eigenvalue weighted by Crippen LogP contribution is -2.14. The second-order valence-electron chi connectivity index (χ2n) is 6.89. The lowest BCUT2D eigenvalue weighted by Gasteiger charge is -2.05. The van der Waals surface area contributed by atoms with Crippen LogP contribution in [-0.2, 0) is 15.8 Å².